The van der Waals surface area contributed by atoms with Crippen LogP contribution in [0, 0.1) is 0 Å². The molecule has 0 spiro atoms. The minimum Gasteiger partial charge on any atom is -0.508 e. The molecule has 2 aliphatic heterocycles. The number of aliphatic hydroxyl groups is 6. The Balaban J connectivity index is 1.38. The van der Waals surface area contributed by atoms with Crippen molar-refractivity contribution in [1.82, 2.24) is 0 Å². The van der Waals surface area contributed by atoms with Gasteiger partial charge in [0.25, 0.3) is 0 Å². The van der Waals surface area contributed by atoms with Crippen LogP contribution in [0.4, 0.5) is 0 Å². The highest BCUT2D eigenvalue weighted by Gasteiger charge is 2.48. The van der Waals surface area contributed by atoms with Crippen LogP contribution < -0.4 is 15.1 Å². The Kier molecular flexibility index (Phi) is 8.44. The summed E-state index contributed by atoms with van der Waals surface area (Å²) >= 11 is 0.548. The van der Waals surface area contributed by atoms with Crippen LogP contribution in [0.25, 0.3) is 32.6 Å². The molecule has 0 aliphatic carbocycles. The molecule has 9 N–H and O–H groups in total. The number of aliphatic hydroxyl groups excluding tert-OH is 6. The van der Waals surface area contributed by atoms with E-state index in [-0.39, 0.29) is 21.4 Å². The van der Waals surface area contributed by atoms with Crippen molar-refractivity contribution in [3.63, 3.8) is 0 Å². The van der Waals surface area contributed by atoms with Crippen molar-refractivity contribution in [1.29, 1.82) is 0 Å². The fourth-order valence-corrected chi connectivity index (χ4v) is 6.08. The minimum absolute atomic E-state index is 0.0149. The van der Waals surface area contributed by atoms with Gasteiger partial charge in [-0.15, -0.1) is 0 Å². The SMILES string of the molecule is C[C@@H]1O[C@@H](OC[C@H]2O[C@@H](Oc3c(-c4ccc(O)c5oc(=O)sc45)oc4cc(O)cc(O)c4c3=O)[C@H](O)[C@@H](O)[C@@H]2O)[C@H](O)[C@H](O)[C@H]1O. The van der Waals surface area contributed by atoms with Crippen LogP contribution in [0.1, 0.15) is 6.92 Å². The maximum Gasteiger partial charge on any atom is 0.396 e. The molecule has 0 amide bonds. The second-order valence-electron chi connectivity index (χ2n) is 10.8. The summed E-state index contributed by atoms with van der Waals surface area (Å²) in [4.78, 5) is 25.1. The summed E-state index contributed by atoms with van der Waals surface area (Å²) in [7, 11) is 0. The summed E-state index contributed by atoms with van der Waals surface area (Å²) in [5.74, 6) is -2.72. The number of hydrogen-bond donors (Lipinski definition) is 9. The number of benzene rings is 2. The molecular formula is C28H28O17S. The van der Waals surface area contributed by atoms with E-state index in [2.05, 4.69) is 0 Å². The summed E-state index contributed by atoms with van der Waals surface area (Å²) in [6.07, 6.45) is -16.4. The largest absolute Gasteiger partial charge is 0.508 e. The average Bonchev–Trinajstić information content (AvgIpc) is 3.41. The molecule has 2 fully saturated rings. The van der Waals surface area contributed by atoms with Crippen molar-refractivity contribution in [2.45, 2.75) is 68.3 Å². The molecule has 4 heterocycles. The highest BCUT2D eigenvalue weighted by molar-refractivity contribution is 7.16. The van der Waals surface area contributed by atoms with Crippen LogP contribution in [0.3, 0.4) is 0 Å². The first-order chi connectivity index (χ1) is 21.8. The normalized spacial score (nSPS) is 31.8. The molecule has 248 valence electrons. The molecule has 2 saturated heterocycles. The number of fused-ring (bicyclic) bond motifs is 2. The standard InChI is InChI=1S/C28H28O17S/c1-7-15(32)18(35)20(37)26(41-7)40-6-13-16(33)19(36)21(38)27(43-13)44-24-17(34)14-11(31)4-8(29)5-12(14)42-22(24)9-2-3-10(30)23-25(9)46-28(39)45-23/h2-5,7,13,15-16,18-21,26-27,29-33,35-38H,6H2,1H3/t7-,13+,15-,16+,18+,19-,20+,21+,26+,27-/m0/s1. The zero-order chi connectivity index (χ0) is 33.2. The van der Waals surface area contributed by atoms with Gasteiger partial charge in [-0.1, -0.05) is 11.3 Å². The molecule has 17 nitrogen and oxygen atoms in total. The van der Waals surface area contributed by atoms with Gasteiger partial charge in [-0.3, -0.25) is 4.79 Å². The Bertz CT molecular complexity index is 1880. The number of phenolic OH excluding ortho intramolecular Hbond substituents is 3. The Morgan fingerprint density at radius 3 is 2.24 bits per heavy atom. The molecule has 0 bridgehead atoms. The maximum absolute atomic E-state index is 13.8. The Morgan fingerprint density at radius 1 is 0.804 bits per heavy atom. The molecule has 4 aromatic rings. The van der Waals surface area contributed by atoms with E-state index in [0.29, 0.717) is 11.3 Å². The van der Waals surface area contributed by atoms with Crippen LogP contribution in [0.2, 0.25) is 0 Å². The number of hydrogen-bond acceptors (Lipinski definition) is 18. The van der Waals surface area contributed by atoms with E-state index in [0.717, 1.165) is 18.2 Å². The highest BCUT2D eigenvalue weighted by atomic mass is 32.1. The second kappa shape index (κ2) is 12.1. The molecule has 0 unspecified atom stereocenters. The van der Waals surface area contributed by atoms with Gasteiger partial charge in [0.2, 0.25) is 17.5 Å². The number of rotatable bonds is 6. The summed E-state index contributed by atoms with van der Waals surface area (Å²) in [6.45, 7) is 0.796. The third-order valence-corrected chi connectivity index (χ3v) is 8.62. The molecule has 10 atom stereocenters. The van der Waals surface area contributed by atoms with Crippen LogP contribution in [-0.2, 0) is 14.2 Å². The lowest BCUT2D eigenvalue weighted by atomic mass is 9.98. The van der Waals surface area contributed by atoms with Crippen molar-refractivity contribution in [2.24, 2.45) is 0 Å². The van der Waals surface area contributed by atoms with Crippen molar-refractivity contribution in [3.8, 4) is 34.3 Å². The Labute approximate surface area is 259 Å². The van der Waals surface area contributed by atoms with E-state index >= 15 is 0 Å². The second-order valence-corrected chi connectivity index (χ2v) is 11.8. The maximum atomic E-state index is 13.8. The van der Waals surface area contributed by atoms with Gasteiger partial charge >= 0.3 is 4.94 Å². The molecule has 2 aromatic carbocycles. The lowest BCUT2D eigenvalue weighted by Gasteiger charge is -2.42. The molecular weight excluding hydrogens is 640 g/mol. The van der Waals surface area contributed by atoms with E-state index in [4.69, 9.17) is 27.8 Å². The topological polar surface area (TPSA) is 279 Å². The van der Waals surface area contributed by atoms with Gasteiger partial charge < -0.3 is 73.7 Å². The number of aromatic hydroxyl groups is 3. The fourth-order valence-electron chi connectivity index (χ4n) is 5.28. The fraction of sp³-hybridized carbons (Fsp3) is 0.429. The first-order valence-corrected chi connectivity index (χ1v) is 14.5. The van der Waals surface area contributed by atoms with Gasteiger partial charge in [0.15, 0.2) is 23.4 Å². The molecule has 0 radical (unpaired) electrons. The van der Waals surface area contributed by atoms with Gasteiger partial charge in [0, 0.05) is 17.7 Å². The van der Waals surface area contributed by atoms with Crippen LogP contribution in [-0.4, -0.2) is 114 Å². The van der Waals surface area contributed by atoms with Crippen molar-refractivity contribution < 1.29 is 73.7 Å². The third-order valence-electron chi connectivity index (χ3n) is 7.76. The monoisotopic (exact) mass is 668 g/mol. The van der Waals surface area contributed by atoms with E-state index in [1.165, 1.54) is 13.0 Å². The number of phenols is 3. The highest BCUT2D eigenvalue weighted by Crippen LogP contribution is 2.42. The van der Waals surface area contributed by atoms with Crippen LogP contribution in [0.5, 0.6) is 23.0 Å². The summed E-state index contributed by atoms with van der Waals surface area (Å²) < 4.78 is 33.2. The van der Waals surface area contributed by atoms with Gasteiger partial charge in [0.05, 0.1) is 17.4 Å². The third kappa shape index (κ3) is 5.47. The first kappa shape index (κ1) is 32.1. The smallest absolute Gasteiger partial charge is 0.396 e. The van der Waals surface area contributed by atoms with Gasteiger partial charge in [0.1, 0.15) is 65.2 Å². The summed E-state index contributed by atoms with van der Waals surface area (Å²) in [5.41, 5.74) is -1.63. The van der Waals surface area contributed by atoms with Crippen molar-refractivity contribution >= 4 is 32.6 Å². The molecule has 0 saturated carbocycles. The Morgan fingerprint density at radius 2 is 1.50 bits per heavy atom. The van der Waals surface area contributed by atoms with Crippen molar-refractivity contribution in [3.05, 3.63) is 44.2 Å². The zero-order valence-corrected chi connectivity index (χ0v) is 24.3. The minimum atomic E-state index is -2.00. The molecule has 6 rings (SSSR count). The molecule has 18 heteroatoms. The van der Waals surface area contributed by atoms with E-state index in [9.17, 15) is 55.5 Å². The summed E-state index contributed by atoms with van der Waals surface area (Å²) in [6, 6.07) is 4.29. The van der Waals surface area contributed by atoms with Gasteiger partial charge in [-0.2, -0.15) is 0 Å². The van der Waals surface area contributed by atoms with Crippen molar-refractivity contribution in [2.75, 3.05) is 6.61 Å². The van der Waals surface area contributed by atoms with Crippen LogP contribution >= 0.6 is 11.3 Å². The first-order valence-electron chi connectivity index (χ1n) is 13.7. The lowest BCUT2D eigenvalue weighted by Crippen LogP contribution is -2.61. The molecule has 2 aliphatic rings. The molecule has 46 heavy (non-hydrogen) atoms. The number of ether oxygens (including phenoxy) is 4. The average molecular weight is 669 g/mol. The lowest BCUT2D eigenvalue weighted by molar-refractivity contribution is -0.318. The van der Waals surface area contributed by atoms with Gasteiger partial charge in [-0.25, -0.2) is 4.79 Å². The molecule has 2 aromatic heterocycles. The predicted molar refractivity (Wildman–Crippen MR) is 152 cm³/mol. The predicted octanol–water partition coefficient (Wildman–Crippen LogP) is -1.22. The Hall–Kier alpha value is -3.82. The summed E-state index contributed by atoms with van der Waals surface area (Å²) in [5, 5.41) is 92.5. The van der Waals surface area contributed by atoms with E-state index < -0.39 is 113 Å². The van der Waals surface area contributed by atoms with Gasteiger partial charge in [-0.05, 0) is 19.1 Å². The van der Waals surface area contributed by atoms with E-state index in [1.54, 1.807) is 0 Å². The van der Waals surface area contributed by atoms with E-state index in [1.807, 2.05) is 0 Å². The van der Waals surface area contributed by atoms with Crippen LogP contribution in [0.15, 0.2) is 42.7 Å². The zero-order valence-electron chi connectivity index (χ0n) is 23.5. The quantitative estimate of drug-likeness (QED) is 0.116.